The summed E-state index contributed by atoms with van der Waals surface area (Å²) in [6.45, 7) is 0. The van der Waals surface area contributed by atoms with E-state index in [1.54, 1.807) is 0 Å². The van der Waals surface area contributed by atoms with Crippen LogP contribution < -0.4 is 0 Å². The average Bonchev–Trinajstić information content (AvgIpc) is 2.28. The second kappa shape index (κ2) is 1.64. The van der Waals surface area contributed by atoms with Gasteiger partial charge in [-0.3, -0.25) is 4.98 Å². The van der Waals surface area contributed by atoms with Gasteiger partial charge in [0, 0.05) is 17.8 Å². The molecule has 2 heterocycles. The fourth-order valence-corrected chi connectivity index (χ4v) is 1.82. The highest BCUT2D eigenvalue weighted by molar-refractivity contribution is 5.86. The van der Waals surface area contributed by atoms with E-state index in [9.17, 15) is 0 Å². The molecule has 0 atom stereocenters. The van der Waals surface area contributed by atoms with Crippen LogP contribution in [-0.2, 0) is 12.8 Å². The zero-order valence-electron chi connectivity index (χ0n) is 6.09. The lowest BCUT2D eigenvalue weighted by Gasteiger charge is -2.06. The molecule has 0 aromatic carbocycles. The molecule has 54 valence electrons. The summed E-state index contributed by atoms with van der Waals surface area (Å²) in [4.78, 5) is 7.57. The van der Waals surface area contributed by atoms with Crippen LogP contribution in [0.1, 0.15) is 11.3 Å². The van der Waals surface area contributed by atoms with E-state index < -0.39 is 0 Å². The van der Waals surface area contributed by atoms with Crippen molar-refractivity contribution in [3.05, 3.63) is 29.7 Å². The monoisotopic (exact) mass is 144 g/mol. The van der Waals surface area contributed by atoms with Crippen molar-refractivity contribution in [1.82, 2.24) is 9.97 Å². The van der Waals surface area contributed by atoms with Crippen molar-refractivity contribution in [2.75, 3.05) is 0 Å². The Kier molecular flexibility index (Phi) is 0.799. The number of pyridine rings is 1. The number of nitrogens with one attached hydrogen (secondary N) is 1. The Labute approximate surface area is 64.3 Å². The molecule has 1 aliphatic rings. The van der Waals surface area contributed by atoms with Crippen LogP contribution in [-0.4, -0.2) is 9.97 Å². The van der Waals surface area contributed by atoms with Crippen LogP contribution in [0.15, 0.2) is 18.5 Å². The number of nitrogens with zero attached hydrogens (tertiary/aromatic N) is 1. The van der Waals surface area contributed by atoms with E-state index in [0.717, 1.165) is 12.8 Å². The van der Waals surface area contributed by atoms with Crippen LogP contribution in [0.5, 0.6) is 0 Å². The molecule has 2 aromatic rings. The minimum atomic E-state index is 1.10. The number of aromatic nitrogens is 2. The molecule has 0 unspecified atom stereocenters. The van der Waals surface area contributed by atoms with Crippen LogP contribution in [0.2, 0.25) is 0 Å². The fraction of sp³-hybridized carbons (Fsp3) is 0.222. The lowest BCUT2D eigenvalue weighted by molar-refractivity contribution is 0.924. The fourth-order valence-electron chi connectivity index (χ4n) is 1.82. The van der Waals surface area contributed by atoms with Crippen molar-refractivity contribution < 1.29 is 0 Å². The Bertz CT molecular complexity index is 414. The van der Waals surface area contributed by atoms with E-state index in [-0.39, 0.29) is 0 Å². The van der Waals surface area contributed by atoms with Crippen molar-refractivity contribution in [1.29, 1.82) is 0 Å². The minimum Gasteiger partial charge on any atom is -0.359 e. The number of hydrogen-bond donors (Lipinski definition) is 1. The van der Waals surface area contributed by atoms with Gasteiger partial charge in [0.25, 0.3) is 0 Å². The molecule has 0 radical (unpaired) electrons. The molecule has 1 aliphatic carbocycles. The van der Waals surface area contributed by atoms with Crippen LogP contribution in [0.25, 0.3) is 10.9 Å². The summed E-state index contributed by atoms with van der Waals surface area (Å²) in [5.74, 6) is 0. The van der Waals surface area contributed by atoms with E-state index in [2.05, 4.69) is 22.2 Å². The molecular formula is C9H8N2. The minimum absolute atomic E-state index is 1.10. The predicted octanol–water partition coefficient (Wildman–Crippen LogP) is 1.66. The van der Waals surface area contributed by atoms with Gasteiger partial charge in [0.1, 0.15) is 0 Å². The zero-order chi connectivity index (χ0) is 7.26. The van der Waals surface area contributed by atoms with Crippen LogP contribution in [0.3, 0.4) is 0 Å². The summed E-state index contributed by atoms with van der Waals surface area (Å²) in [5.41, 5.74) is 3.91. The third kappa shape index (κ3) is 0.546. The lowest BCUT2D eigenvalue weighted by atomic mass is 10.0. The van der Waals surface area contributed by atoms with Gasteiger partial charge >= 0.3 is 0 Å². The molecule has 0 saturated carbocycles. The quantitative estimate of drug-likeness (QED) is 0.598. The molecule has 1 N–H and O–H groups in total. The Balaban J connectivity index is 2.64. The summed E-state index contributed by atoms with van der Waals surface area (Å²) < 4.78 is 0. The van der Waals surface area contributed by atoms with Gasteiger partial charge in [-0.25, -0.2) is 0 Å². The molecule has 11 heavy (non-hydrogen) atoms. The second-order valence-electron chi connectivity index (χ2n) is 2.99. The molecule has 2 nitrogen and oxygen atoms in total. The first-order valence-corrected chi connectivity index (χ1v) is 3.89. The van der Waals surface area contributed by atoms with Gasteiger partial charge in [0.15, 0.2) is 0 Å². The molecule has 2 aromatic heterocycles. The molecular weight excluding hydrogens is 136 g/mol. The first-order chi connectivity index (χ1) is 5.45. The zero-order valence-corrected chi connectivity index (χ0v) is 6.09. The maximum Gasteiger partial charge on any atom is 0.0676 e. The van der Waals surface area contributed by atoms with E-state index in [1.165, 1.54) is 22.2 Å². The van der Waals surface area contributed by atoms with Crippen LogP contribution in [0, 0.1) is 0 Å². The Morgan fingerprint density at radius 1 is 1.36 bits per heavy atom. The highest BCUT2D eigenvalue weighted by atomic mass is 14.8. The van der Waals surface area contributed by atoms with Crippen molar-refractivity contribution in [2.24, 2.45) is 0 Å². The van der Waals surface area contributed by atoms with Crippen molar-refractivity contribution >= 4 is 10.9 Å². The molecule has 0 aliphatic heterocycles. The van der Waals surface area contributed by atoms with E-state index in [1.807, 2.05) is 6.20 Å². The molecule has 0 spiro atoms. The summed E-state index contributed by atoms with van der Waals surface area (Å²) >= 11 is 0. The van der Waals surface area contributed by atoms with Gasteiger partial charge in [0.05, 0.1) is 11.2 Å². The van der Waals surface area contributed by atoms with Gasteiger partial charge in [-0.1, -0.05) is 0 Å². The first-order valence-electron chi connectivity index (χ1n) is 3.89. The summed E-state index contributed by atoms with van der Waals surface area (Å²) in [5, 5.41) is 1.36. The smallest absolute Gasteiger partial charge is 0.0676 e. The van der Waals surface area contributed by atoms with Crippen LogP contribution in [0.4, 0.5) is 0 Å². The van der Waals surface area contributed by atoms with Crippen molar-refractivity contribution in [2.45, 2.75) is 12.8 Å². The third-order valence-electron chi connectivity index (χ3n) is 2.40. The van der Waals surface area contributed by atoms with E-state index in [4.69, 9.17) is 0 Å². The summed E-state index contributed by atoms with van der Waals surface area (Å²) in [6, 6.07) is 2.09. The first kappa shape index (κ1) is 5.35. The number of aromatic amines is 1. The van der Waals surface area contributed by atoms with Gasteiger partial charge in [-0.2, -0.15) is 0 Å². The van der Waals surface area contributed by atoms with Gasteiger partial charge < -0.3 is 4.98 Å². The second-order valence-corrected chi connectivity index (χ2v) is 2.99. The average molecular weight is 144 g/mol. The predicted molar refractivity (Wildman–Crippen MR) is 43.5 cm³/mol. The highest BCUT2D eigenvalue weighted by Gasteiger charge is 2.13. The highest BCUT2D eigenvalue weighted by Crippen LogP contribution is 2.26. The molecule has 2 heteroatoms. The lowest BCUT2D eigenvalue weighted by Crippen LogP contribution is -1.98. The Morgan fingerprint density at radius 3 is 3.27 bits per heavy atom. The molecule has 0 fully saturated rings. The standard InChI is InChI=1S/C9H8N2/c1-2-8-9-7(3-4-10-8)6(1)5-11-9/h3-5,11H,1-2H2. The van der Waals surface area contributed by atoms with Gasteiger partial charge in [-0.15, -0.1) is 0 Å². The number of aryl methyl sites for hydroxylation is 2. The largest absolute Gasteiger partial charge is 0.359 e. The Morgan fingerprint density at radius 2 is 2.36 bits per heavy atom. The maximum atomic E-state index is 4.31. The number of H-pyrrole nitrogens is 1. The molecule has 3 rings (SSSR count). The van der Waals surface area contributed by atoms with E-state index in [0.29, 0.717) is 0 Å². The summed E-state index contributed by atoms with van der Waals surface area (Å²) in [6.07, 6.45) is 6.24. The van der Waals surface area contributed by atoms with Crippen LogP contribution >= 0.6 is 0 Å². The van der Waals surface area contributed by atoms with Crippen molar-refractivity contribution in [3.8, 4) is 0 Å². The number of rotatable bonds is 0. The van der Waals surface area contributed by atoms with Crippen molar-refractivity contribution in [3.63, 3.8) is 0 Å². The van der Waals surface area contributed by atoms with Gasteiger partial charge in [0.2, 0.25) is 0 Å². The molecule has 0 amide bonds. The summed E-state index contributed by atoms with van der Waals surface area (Å²) in [7, 11) is 0. The van der Waals surface area contributed by atoms with E-state index >= 15 is 0 Å². The SMILES string of the molecule is c1cc2c3c[nH]c2c(n1)CC3. The molecule has 4 bridgehead atoms. The van der Waals surface area contributed by atoms with Gasteiger partial charge in [-0.05, 0) is 24.5 Å². The maximum absolute atomic E-state index is 4.31. The Hall–Kier alpha value is -1.31. The number of hydrogen-bond acceptors (Lipinski definition) is 1. The topological polar surface area (TPSA) is 28.7 Å². The molecule has 0 saturated heterocycles. The third-order valence-corrected chi connectivity index (χ3v) is 2.40. The normalized spacial score (nSPS) is 14.5.